The van der Waals surface area contributed by atoms with Crippen LogP contribution in [0.25, 0.3) is 0 Å². The number of amides is 2. The van der Waals surface area contributed by atoms with E-state index >= 15 is 0 Å². The molecule has 0 aliphatic heterocycles. The number of nitrogens with zero attached hydrogens (tertiary/aromatic N) is 3. The van der Waals surface area contributed by atoms with Gasteiger partial charge < -0.3 is 15.0 Å². The minimum absolute atomic E-state index is 0.0884. The maximum absolute atomic E-state index is 14.0. The molecule has 0 aromatic heterocycles. The number of carbonyl (C=O) groups is 2. The lowest BCUT2D eigenvalue weighted by Gasteiger charge is -2.32. The molecule has 0 spiro atoms. The van der Waals surface area contributed by atoms with Crippen LogP contribution in [-0.4, -0.2) is 55.8 Å². The van der Waals surface area contributed by atoms with Crippen molar-refractivity contribution in [2.75, 3.05) is 18.0 Å². The molecule has 14 heteroatoms. The fourth-order valence-corrected chi connectivity index (χ4v) is 5.93. The van der Waals surface area contributed by atoms with E-state index in [-0.39, 0.29) is 39.4 Å². The molecule has 0 aliphatic rings. The van der Waals surface area contributed by atoms with Gasteiger partial charge in [-0.05, 0) is 75.7 Å². The van der Waals surface area contributed by atoms with Crippen LogP contribution in [0.1, 0.15) is 31.9 Å². The number of carbonyl (C=O) groups excluding carboxylic acids is 2. The zero-order chi connectivity index (χ0) is 32.1. The molecule has 1 atom stereocenters. The van der Waals surface area contributed by atoms with Gasteiger partial charge in [0.15, 0.2) is 0 Å². The second-order valence-corrected chi connectivity index (χ2v) is 12.7. The van der Waals surface area contributed by atoms with Gasteiger partial charge in [-0.2, -0.15) is 0 Å². The summed E-state index contributed by atoms with van der Waals surface area (Å²) in [5.41, 5.74) is 0.544. The van der Waals surface area contributed by atoms with E-state index in [1.807, 2.05) is 0 Å². The summed E-state index contributed by atoms with van der Waals surface area (Å²) in [5.74, 6) is -0.714. The third kappa shape index (κ3) is 8.15. The van der Waals surface area contributed by atoms with Gasteiger partial charge in [0.1, 0.15) is 18.3 Å². The number of halogens is 2. The molecule has 0 radical (unpaired) electrons. The van der Waals surface area contributed by atoms with E-state index in [9.17, 15) is 28.1 Å². The van der Waals surface area contributed by atoms with Crippen molar-refractivity contribution in [3.63, 3.8) is 0 Å². The molecule has 230 valence electrons. The van der Waals surface area contributed by atoms with Crippen LogP contribution in [0.3, 0.4) is 0 Å². The maximum Gasteiger partial charge on any atom is 0.273 e. The van der Waals surface area contributed by atoms with Gasteiger partial charge in [0, 0.05) is 24.2 Å². The van der Waals surface area contributed by atoms with Gasteiger partial charge in [-0.15, -0.1) is 0 Å². The Morgan fingerprint density at radius 1 is 1.00 bits per heavy atom. The van der Waals surface area contributed by atoms with Gasteiger partial charge in [0.05, 0.1) is 32.7 Å². The first-order chi connectivity index (χ1) is 20.1. The van der Waals surface area contributed by atoms with Crippen molar-refractivity contribution in [1.82, 2.24) is 10.2 Å². The Labute approximate surface area is 260 Å². The Hall–Kier alpha value is -3.87. The number of anilines is 1. The molecule has 3 aromatic rings. The van der Waals surface area contributed by atoms with Crippen molar-refractivity contribution in [3.05, 3.63) is 92.0 Å². The monoisotopic (exact) mass is 650 g/mol. The minimum atomic E-state index is -4.52. The lowest BCUT2D eigenvalue weighted by molar-refractivity contribution is -0.385. The topological polar surface area (TPSA) is 139 Å². The molecule has 3 rings (SSSR count). The van der Waals surface area contributed by atoms with Crippen LogP contribution >= 0.6 is 23.2 Å². The van der Waals surface area contributed by atoms with Crippen molar-refractivity contribution >= 4 is 56.4 Å². The second-order valence-electron chi connectivity index (χ2n) is 10.0. The van der Waals surface area contributed by atoms with E-state index < -0.39 is 39.3 Å². The van der Waals surface area contributed by atoms with Crippen LogP contribution in [-0.2, 0) is 26.2 Å². The molecule has 2 amide bonds. The van der Waals surface area contributed by atoms with Crippen LogP contribution in [0, 0.1) is 17.0 Å². The van der Waals surface area contributed by atoms with Crippen molar-refractivity contribution in [3.8, 4) is 5.75 Å². The number of nitro groups is 1. The maximum atomic E-state index is 14.0. The van der Waals surface area contributed by atoms with Gasteiger partial charge in [0.2, 0.25) is 11.8 Å². The highest BCUT2D eigenvalue weighted by Gasteiger charge is 2.33. The number of aryl methyl sites for hydroxylation is 1. The average molecular weight is 652 g/mol. The summed E-state index contributed by atoms with van der Waals surface area (Å²) in [6.45, 7) is 5.75. The molecule has 0 fully saturated rings. The summed E-state index contributed by atoms with van der Waals surface area (Å²) in [6, 6.07) is 13.0. The summed E-state index contributed by atoms with van der Waals surface area (Å²) >= 11 is 12.2. The van der Waals surface area contributed by atoms with Crippen LogP contribution < -0.4 is 14.4 Å². The van der Waals surface area contributed by atoms with E-state index in [0.29, 0.717) is 16.3 Å². The fraction of sp³-hybridized carbons (Fsp3) is 0.310. The number of rotatable bonds is 12. The molecule has 11 nitrogen and oxygen atoms in total. The molecule has 3 aromatic carbocycles. The molecule has 0 saturated carbocycles. The van der Waals surface area contributed by atoms with Crippen molar-refractivity contribution in [2.24, 2.45) is 0 Å². The third-order valence-electron chi connectivity index (χ3n) is 6.54. The van der Waals surface area contributed by atoms with Gasteiger partial charge in [-0.3, -0.25) is 24.0 Å². The number of benzene rings is 3. The highest BCUT2D eigenvalue weighted by atomic mass is 35.5. The first kappa shape index (κ1) is 33.6. The highest BCUT2D eigenvalue weighted by molar-refractivity contribution is 7.92. The van der Waals surface area contributed by atoms with Crippen molar-refractivity contribution in [1.29, 1.82) is 0 Å². The molecule has 0 bridgehead atoms. The predicted octanol–water partition coefficient (Wildman–Crippen LogP) is 5.36. The van der Waals surface area contributed by atoms with E-state index in [1.165, 1.54) is 62.3 Å². The van der Waals surface area contributed by atoms with Crippen LogP contribution in [0.2, 0.25) is 10.0 Å². The fourth-order valence-electron chi connectivity index (χ4n) is 4.17. The Morgan fingerprint density at radius 3 is 2.21 bits per heavy atom. The Bertz CT molecular complexity index is 1620. The third-order valence-corrected chi connectivity index (χ3v) is 9.05. The SMILES string of the molecule is COc1ccc(N(CC(=O)N(Cc2ccc(Cl)c(Cl)c2)[C@H](C)C(=O)NC(C)C)S(=O)(=O)c2ccc(C)c([N+](=O)[O-])c2)cc1. The molecule has 0 saturated heterocycles. The molecule has 0 aliphatic carbocycles. The number of methoxy groups -OCH3 is 1. The first-order valence-electron chi connectivity index (χ1n) is 13.1. The smallest absolute Gasteiger partial charge is 0.273 e. The predicted molar refractivity (Wildman–Crippen MR) is 165 cm³/mol. The summed E-state index contributed by atoms with van der Waals surface area (Å²) in [7, 11) is -3.08. The standard InChI is InChI=1S/C29H32Cl2N4O7S/c1-18(2)32-29(37)20(4)33(16-21-7-13-25(30)26(31)14-21)28(36)17-34(22-8-10-23(42-5)11-9-22)43(40,41)24-12-6-19(3)27(15-24)35(38)39/h6-15,18,20H,16-17H2,1-5H3,(H,32,37)/t20-/m1/s1. The average Bonchev–Trinajstić information content (AvgIpc) is 2.95. The number of hydrogen-bond acceptors (Lipinski definition) is 7. The summed E-state index contributed by atoms with van der Waals surface area (Å²) in [6.07, 6.45) is 0. The second kappa shape index (κ2) is 14.1. The number of nitro benzene ring substituents is 1. The first-order valence-corrected chi connectivity index (χ1v) is 15.3. The number of hydrogen-bond donors (Lipinski definition) is 1. The number of sulfonamides is 1. The van der Waals surface area contributed by atoms with Gasteiger partial charge in [-0.25, -0.2) is 8.42 Å². The Balaban J connectivity index is 2.11. The Morgan fingerprint density at radius 2 is 1.65 bits per heavy atom. The molecule has 0 heterocycles. The van der Waals surface area contributed by atoms with E-state index in [2.05, 4.69) is 5.32 Å². The number of ether oxygens (including phenoxy) is 1. The lowest BCUT2D eigenvalue weighted by Crippen LogP contribution is -2.52. The van der Waals surface area contributed by atoms with E-state index in [1.54, 1.807) is 32.0 Å². The highest BCUT2D eigenvalue weighted by Crippen LogP contribution is 2.30. The quantitative estimate of drug-likeness (QED) is 0.206. The molecule has 0 unspecified atom stereocenters. The number of nitrogens with one attached hydrogen (secondary N) is 1. The normalized spacial score (nSPS) is 12.0. The van der Waals surface area contributed by atoms with E-state index in [4.69, 9.17) is 27.9 Å². The zero-order valence-electron chi connectivity index (χ0n) is 24.2. The minimum Gasteiger partial charge on any atom is -0.497 e. The van der Waals surface area contributed by atoms with Gasteiger partial charge in [0.25, 0.3) is 15.7 Å². The summed E-state index contributed by atoms with van der Waals surface area (Å²) in [5, 5.41) is 14.9. The largest absolute Gasteiger partial charge is 0.497 e. The lowest BCUT2D eigenvalue weighted by atomic mass is 10.1. The Kier molecular flexibility index (Phi) is 11.0. The summed E-state index contributed by atoms with van der Waals surface area (Å²) < 4.78 is 34.1. The van der Waals surface area contributed by atoms with Crippen molar-refractivity contribution in [2.45, 2.75) is 51.2 Å². The van der Waals surface area contributed by atoms with Gasteiger partial charge >= 0.3 is 0 Å². The van der Waals surface area contributed by atoms with Crippen molar-refractivity contribution < 1.29 is 27.7 Å². The molecular formula is C29H32Cl2N4O7S. The van der Waals surface area contributed by atoms with Gasteiger partial charge in [-0.1, -0.05) is 35.3 Å². The zero-order valence-corrected chi connectivity index (χ0v) is 26.5. The van der Waals surface area contributed by atoms with Crippen LogP contribution in [0.4, 0.5) is 11.4 Å². The van der Waals surface area contributed by atoms with E-state index in [0.717, 1.165) is 10.4 Å². The van der Waals surface area contributed by atoms with Crippen LogP contribution in [0.5, 0.6) is 5.75 Å². The molecule has 43 heavy (non-hydrogen) atoms. The molecule has 1 N–H and O–H groups in total. The molecular weight excluding hydrogens is 619 g/mol. The van der Waals surface area contributed by atoms with Crippen LogP contribution in [0.15, 0.2) is 65.6 Å². The summed E-state index contributed by atoms with van der Waals surface area (Å²) in [4.78, 5) is 38.8.